The van der Waals surface area contributed by atoms with E-state index in [-0.39, 0.29) is 24.7 Å². The van der Waals surface area contributed by atoms with Crippen molar-refractivity contribution >= 4 is 22.9 Å². The van der Waals surface area contributed by atoms with E-state index in [2.05, 4.69) is 5.32 Å². The number of alkyl carbamates (subject to hydrolysis) is 1. The van der Waals surface area contributed by atoms with Crippen molar-refractivity contribution in [1.29, 1.82) is 0 Å². The van der Waals surface area contributed by atoms with E-state index in [4.69, 9.17) is 4.74 Å². The summed E-state index contributed by atoms with van der Waals surface area (Å²) in [6, 6.07) is 14.6. The Morgan fingerprint density at radius 1 is 1.11 bits per heavy atom. The Labute approximate surface area is 160 Å². The highest BCUT2D eigenvalue weighted by Gasteiger charge is 2.29. The lowest BCUT2D eigenvalue weighted by molar-refractivity contribution is -0.308. The van der Waals surface area contributed by atoms with Crippen molar-refractivity contribution in [3.05, 3.63) is 59.7 Å². The standard InChI is InChI=1S/C20H21NO5S/c1-27(25)11-10-18(19(22)23)21-20(24)26-12-17-15-8-4-2-6-13(15)14-7-3-5-9-16(14)17/h2-9,17-18H,10-12H2,1H3,(H,21,24)(H,22,23)/p-1/t18-,27+/m0/s1. The van der Waals surface area contributed by atoms with E-state index in [1.807, 2.05) is 48.5 Å². The van der Waals surface area contributed by atoms with Gasteiger partial charge in [-0.1, -0.05) is 48.5 Å². The monoisotopic (exact) mass is 386 g/mol. The summed E-state index contributed by atoms with van der Waals surface area (Å²) >= 11 is 0. The van der Waals surface area contributed by atoms with Gasteiger partial charge in [0.15, 0.2) is 0 Å². The zero-order valence-electron chi connectivity index (χ0n) is 14.8. The number of carbonyl (C=O) groups is 2. The summed E-state index contributed by atoms with van der Waals surface area (Å²) in [6.07, 6.45) is 0.669. The van der Waals surface area contributed by atoms with Crippen LogP contribution < -0.4 is 10.4 Å². The van der Waals surface area contributed by atoms with Gasteiger partial charge in [0.25, 0.3) is 0 Å². The number of carboxylic acid groups (broad SMARTS) is 1. The van der Waals surface area contributed by atoms with Gasteiger partial charge >= 0.3 is 6.09 Å². The fraction of sp³-hybridized carbons (Fsp3) is 0.300. The molecule has 0 fully saturated rings. The highest BCUT2D eigenvalue weighted by atomic mass is 32.2. The third-order valence-electron chi connectivity index (χ3n) is 4.61. The minimum absolute atomic E-state index is 0.0235. The quantitative estimate of drug-likeness (QED) is 0.776. The summed E-state index contributed by atoms with van der Waals surface area (Å²) in [5, 5.41) is 13.4. The predicted molar refractivity (Wildman–Crippen MR) is 101 cm³/mol. The molecule has 3 rings (SSSR count). The molecule has 0 heterocycles. The molecule has 6 nitrogen and oxygen atoms in total. The van der Waals surface area contributed by atoms with Crippen LogP contribution in [0.15, 0.2) is 48.5 Å². The maximum Gasteiger partial charge on any atom is 0.407 e. The van der Waals surface area contributed by atoms with Crippen molar-refractivity contribution in [3.8, 4) is 11.1 Å². The first kappa shape index (κ1) is 19.1. The fourth-order valence-corrected chi connectivity index (χ4v) is 3.88. The molecule has 0 radical (unpaired) electrons. The molecule has 0 spiro atoms. The number of hydrogen-bond donors (Lipinski definition) is 1. The van der Waals surface area contributed by atoms with Crippen LogP contribution in [0.4, 0.5) is 4.79 Å². The highest BCUT2D eigenvalue weighted by Crippen LogP contribution is 2.44. The minimum Gasteiger partial charge on any atom is -0.548 e. The molecular weight excluding hydrogens is 366 g/mol. The van der Waals surface area contributed by atoms with Gasteiger partial charge in [0.05, 0.1) is 12.0 Å². The third kappa shape index (κ3) is 4.36. The van der Waals surface area contributed by atoms with E-state index >= 15 is 0 Å². The van der Waals surface area contributed by atoms with Gasteiger partial charge in [-0.25, -0.2) is 4.79 Å². The Hall–Kier alpha value is -2.67. The molecule has 27 heavy (non-hydrogen) atoms. The van der Waals surface area contributed by atoms with Crippen LogP contribution in [0.25, 0.3) is 11.1 Å². The van der Waals surface area contributed by atoms with E-state index in [1.165, 1.54) is 6.26 Å². The second-order valence-corrected chi connectivity index (χ2v) is 7.96. The molecule has 0 aromatic heterocycles. The zero-order valence-corrected chi connectivity index (χ0v) is 15.7. The largest absolute Gasteiger partial charge is 0.548 e. The zero-order chi connectivity index (χ0) is 19.4. The van der Waals surface area contributed by atoms with Crippen molar-refractivity contribution in [3.63, 3.8) is 0 Å². The van der Waals surface area contributed by atoms with Crippen molar-refractivity contribution in [2.45, 2.75) is 18.4 Å². The van der Waals surface area contributed by atoms with E-state index < -0.39 is 28.9 Å². The first-order valence-electron chi connectivity index (χ1n) is 8.59. The molecule has 0 saturated carbocycles. The summed E-state index contributed by atoms with van der Waals surface area (Å²) in [6.45, 7) is 0.0966. The molecule has 1 N–H and O–H groups in total. The number of ether oxygens (including phenoxy) is 1. The number of aliphatic carboxylic acids is 1. The third-order valence-corrected chi connectivity index (χ3v) is 5.42. The predicted octanol–water partition coefficient (Wildman–Crippen LogP) is 1.41. The summed E-state index contributed by atoms with van der Waals surface area (Å²) < 4.78 is 16.5. The second kappa shape index (κ2) is 8.35. The Morgan fingerprint density at radius 2 is 1.67 bits per heavy atom. The summed E-state index contributed by atoms with van der Waals surface area (Å²) in [4.78, 5) is 23.2. The minimum atomic E-state index is -1.42. The number of carboxylic acids is 1. The van der Waals surface area contributed by atoms with Gasteiger partial charge in [0.2, 0.25) is 0 Å². The van der Waals surface area contributed by atoms with E-state index in [0.29, 0.717) is 0 Å². The molecule has 1 aliphatic rings. The van der Waals surface area contributed by atoms with Crippen molar-refractivity contribution in [1.82, 2.24) is 5.32 Å². The Balaban J connectivity index is 1.67. The van der Waals surface area contributed by atoms with E-state index in [1.54, 1.807) is 0 Å². The van der Waals surface area contributed by atoms with E-state index in [0.717, 1.165) is 22.3 Å². The number of amides is 1. The highest BCUT2D eigenvalue weighted by molar-refractivity contribution is 7.84. The normalized spacial score (nSPS) is 14.7. The van der Waals surface area contributed by atoms with Crippen molar-refractivity contribution < 1.29 is 23.6 Å². The number of fused-ring (bicyclic) bond motifs is 3. The van der Waals surface area contributed by atoms with Crippen LogP contribution in [0.3, 0.4) is 0 Å². The number of rotatable bonds is 7. The average molecular weight is 386 g/mol. The lowest BCUT2D eigenvalue weighted by Crippen LogP contribution is -2.48. The fourth-order valence-electron chi connectivity index (χ4n) is 3.32. The maximum atomic E-state index is 12.1. The first-order valence-corrected chi connectivity index (χ1v) is 10.3. The van der Waals surface area contributed by atoms with Gasteiger partial charge in [0, 0.05) is 28.7 Å². The first-order chi connectivity index (χ1) is 13.0. The summed E-state index contributed by atoms with van der Waals surface area (Å²) in [5.74, 6) is -1.37. The van der Waals surface area contributed by atoms with Crippen LogP contribution >= 0.6 is 0 Å². The Kier molecular flexibility index (Phi) is 5.91. The number of nitrogens with one attached hydrogen (secondary N) is 1. The number of hydrogen-bond acceptors (Lipinski definition) is 5. The van der Waals surface area contributed by atoms with Crippen LogP contribution in [-0.4, -0.2) is 40.9 Å². The van der Waals surface area contributed by atoms with Gasteiger partial charge in [-0.2, -0.15) is 0 Å². The molecule has 0 unspecified atom stereocenters. The SMILES string of the molecule is C[S@@](=O)CC[C@H](NC(=O)OCC1c2ccccc2-c2ccccc21)C(=O)[O-]. The molecule has 142 valence electrons. The molecule has 2 aromatic carbocycles. The maximum absolute atomic E-state index is 12.1. The summed E-state index contributed by atoms with van der Waals surface area (Å²) in [7, 11) is -1.16. The van der Waals surface area contributed by atoms with Crippen LogP contribution in [0, 0.1) is 0 Å². The van der Waals surface area contributed by atoms with Crippen molar-refractivity contribution in [2.24, 2.45) is 0 Å². The molecule has 0 bridgehead atoms. The molecule has 2 atom stereocenters. The van der Waals surface area contributed by atoms with Gasteiger partial charge in [0.1, 0.15) is 6.61 Å². The second-order valence-electron chi connectivity index (χ2n) is 6.41. The molecule has 0 aliphatic heterocycles. The van der Waals surface area contributed by atoms with Crippen LogP contribution in [0.2, 0.25) is 0 Å². The molecule has 2 aromatic rings. The smallest absolute Gasteiger partial charge is 0.407 e. The Bertz CT molecular complexity index is 837. The average Bonchev–Trinajstić information content (AvgIpc) is 2.97. The van der Waals surface area contributed by atoms with E-state index in [9.17, 15) is 18.9 Å². The topological polar surface area (TPSA) is 95.5 Å². The molecular formula is C20H20NO5S-. The van der Waals surface area contributed by atoms with Crippen LogP contribution in [-0.2, 0) is 20.3 Å². The number of benzene rings is 2. The van der Waals surface area contributed by atoms with Gasteiger partial charge in [-0.05, 0) is 28.7 Å². The van der Waals surface area contributed by atoms with Gasteiger partial charge < -0.3 is 20.0 Å². The van der Waals surface area contributed by atoms with Gasteiger partial charge in [-0.15, -0.1) is 0 Å². The van der Waals surface area contributed by atoms with Crippen LogP contribution in [0.1, 0.15) is 23.5 Å². The molecule has 7 heteroatoms. The van der Waals surface area contributed by atoms with Gasteiger partial charge in [-0.3, -0.25) is 4.21 Å². The summed E-state index contributed by atoms with van der Waals surface area (Å²) in [5.41, 5.74) is 4.37. The molecule has 1 amide bonds. The van der Waals surface area contributed by atoms with Crippen LogP contribution in [0.5, 0.6) is 0 Å². The number of carbonyl (C=O) groups excluding carboxylic acids is 2. The van der Waals surface area contributed by atoms with Crippen molar-refractivity contribution in [2.75, 3.05) is 18.6 Å². The molecule has 1 aliphatic carbocycles. The lowest BCUT2D eigenvalue weighted by atomic mass is 9.98. The molecule has 0 saturated heterocycles. The Morgan fingerprint density at radius 3 is 2.19 bits per heavy atom. The lowest BCUT2D eigenvalue weighted by Gasteiger charge is -2.20.